The Labute approximate surface area is 150 Å². The van der Waals surface area contributed by atoms with Gasteiger partial charge < -0.3 is 16.0 Å². The van der Waals surface area contributed by atoms with Crippen molar-refractivity contribution in [1.29, 1.82) is 0 Å². The van der Waals surface area contributed by atoms with Crippen LogP contribution in [-0.2, 0) is 4.79 Å². The first-order chi connectivity index (χ1) is 11.4. The first-order valence-corrected chi connectivity index (χ1v) is 8.35. The number of rotatable bonds is 5. The van der Waals surface area contributed by atoms with Crippen LogP contribution in [0.4, 0.5) is 11.4 Å². The van der Waals surface area contributed by atoms with Crippen LogP contribution in [0, 0.1) is 6.92 Å². The molecule has 2 aromatic carbocycles. The van der Waals surface area contributed by atoms with E-state index in [1.165, 1.54) is 0 Å². The monoisotopic (exact) mass is 389 g/mol. The summed E-state index contributed by atoms with van der Waals surface area (Å²) < 4.78 is 0.838. The third-order valence-corrected chi connectivity index (χ3v) is 4.17. The highest BCUT2D eigenvalue weighted by atomic mass is 79.9. The molecule has 0 saturated carbocycles. The fourth-order valence-electron chi connectivity index (χ4n) is 2.17. The Hall–Kier alpha value is -2.34. The Morgan fingerprint density at radius 1 is 1.12 bits per heavy atom. The molecule has 0 aromatic heterocycles. The summed E-state index contributed by atoms with van der Waals surface area (Å²) >= 11 is 3.45. The maximum Gasteiger partial charge on any atom is 0.251 e. The first-order valence-electron chi connectivity index (χ1n) is 7.56. The molecular formula is C18H20BrN3O2. The van der Waals surface area contributed by atoms with E-state index in [2.05, 4.69) is 31.9 Å². The number of benzene rings is 2. The summed E-state index contributed by atoms with van der Waals surface area (Å²) in [6.07, 6.45) is 0. The van der Waals surface area contributed by atoms with Crippen LogP contribution in [0.3, 0.4) is 0 Å². The molecule has 2 amide bonds. The molecule has 3 N–H and O–H groups in total. The lowest BCUT2D eigenvalue weighted by Crippen LogP contribution is -2.32. The van der Waals surface area contributed by atoms with E-state index in [1.54, 1.807) is 32.2 Å². The smallest absolute Gasteiger partial charge is 0.251 e. The van der Waals surface area contributed by atoms with Gasteiger partial charge in [0.15, 0.2) is 0 Å². The third-order valence-electron chi connectivity index (χ3n) is 3.51. The zero-order valence-corrected chi connectivity index (χ0v) is 15.4. The molecule has 126 valence electrons. The number of nitrogens with one attached hydrogen (secondary N) is 3. The Balaban J connectivity index is 2.05. The predicted octanol–water partition coefficient (Wildman–Crippen LogP) is 3.56. The van der Waals surface area contributed by atoms with Gasteiger partial charge in [-0.15, -0.1) is 0 Å². The molecule has 24 heavy (non-hydrogen) atoms. The van der Waals surface area contributed by atoms with E-state index >= 15 is 0 Å². The molecule has 0 bridgehead atoms. The van der Waals surface area contributed by atoms with Crippen LogP contribution in [0.5, 0.6) is 0 Å². The van der Waals surface area contributed by atoms with Crippen molar-refractivity contribution in [1.82, 2.24) is 5.32 Å². The Morgan fingerprint density at radius 2 is 1.88 bits per heavy atom. The van der Waals surface area contributed by atoms with Crippen molar-refractivity contribution in [3.05, 3.63) is 58.1 Å². The van der Waals surface area contributed by atoms with Gasteiger partial charge in [-0.25, -0.2) is 0 Å². The molecule has 6 heteroatoms. The lowest BCUT2D eigenvalue weighted by molar-refractivity contribution is -0.116. The van der Waals surface area contributed by atoms with E-state index in [1.807, 2.05) is 31.2 Å². The Bertz CT molecular complexity index is 762. The molecule has 0 fully saturated rings. The van der Waals surface area contributed by atoms with Gasteiger partial charge >= 0.3 is 0 Å². The van der Waals surface area contributed by atoms with Crippen LogP contribution in [0.1, 0.15) is 22.8 Å². The highest BCUT2D eigenvalue weighted by Gasteiger charge is 2.15. The van der Waals surface area contributed by atoms with Gasteiger partial charge in [0.1, 0.15) is 6.04 Å². The normalized spacial score (nSPS) is 11.5. The molecule has 0 aliphatic carbocycles. The lowest BCUT2D eigenvalue weighted by atomic mass is 10.1. The van der Waals surface area contributed by atoms with Crippen molar-refractivity contribution < 1.29 is 9.59 Å². The molecule has 1 atom stereocenters. The van der Waals surface area contributed by atoms with Crippen molar-refractivity contribution in [2.75, 3.05) is 17.7 Å². The van der Waals surface area contributed by atoms with E-state index in [4.69, 9.17) is 0 Å². The number of anilines is 2. The summed E-state index contributed by atoms with van der Waals surface area (Å²) in [5.41, 5.74) is 3.08. The zero-order valence-electron chi connectivity index (χ0n) is 13.8. The average Bonchev–Trinajstić information content (AvgIpc) is 2.56. The fourth-order valence-corrected chi connectivity index (χ4v) is 2.76. The minimum absolute atomic E-state index is 0.162. The molecule has 5 nitrogen and oxygen atoms in total. The van der Waals surface area contributed by atoms with Gasteiger partial charge in [0.25, 0.3) is 5.91 Å². The minimum Gasteiger partial charge on any atom is -0.374 e. The maximum atomic E-state index is 12.4. The second-order valence-electron chi connectivity index (χ2n) is 5.50. The number of carbonyl (C=O) groups is 2. The summed E-state index contributed by atoms with van der Waals surface area (Å²) in [4.78, 5) is 24.0. The minimum atomic E-state index is -0.460. The molecule has 1 unspecified atom stereocenters. The maximum absolute atomic E-state index is 12.4. The van der Waals surface area contributed by atoms with E-state index in [0.717, 1.165) is 15.7 Å². The molecule has 0 radical (unpaired) electrons. The largest absolute Gasteiger partial charge is 0.374 e. The van der Waals surface area contributed by atoms with Gasteiger partial charge in [-0.1, -0.05) is 12.1 Å². The van der Waals surface area contributed by atoms with Gasteiger partial charge in [-0.05, 0) is 65.7 Å². The Kier molecular flexibility index (Phi) is 5.98. The van der Waals surface area contributed by atoms with Crippen LogP contribution < -0.4 is 16.0 Å². The summed E-state index contributed by atoms with van der Waals surface area (Å²) in [5.74, 6) is -0.329. The van der Waals surface area contributed by atoms with Crippen LogP contribution >= 0.6 is 15.9 Å². The third kappa shape index (κ3) is 4.58. The molecule has 0 spiro atoms. The van der Waals surface area contributed by atoms with Gasteiger partial charge in [0.2, 0.25) is 5.91 Å². The fraction of sp³-hybridized carbons (Fsp3) is 0.222. The van der Waals surface area contributed by atoms with E-state index in [-0.39, 0.29) is 11.8 Å². The SMILES string of the molecule is CNC(=O)c1cccc(NC(C)C(=O)Nc2ccc(C)cc2Br)c1. The summed E-state index contributed by atoms with van der Waals surface area (Å²) in [6, 6.07) is 12.3. The second kappa shape index (κ2) is 7.97. The zero-order chi connectivity index (χ0) is 17.7. The first kappa shape index (κ1) is 18.0. The molecule has 0 saturated heterocycles. The predicted molar refractivity (Wildman–Crippen MR) is 100 cm³/mol. The standard InChI is InChI=1S/C18H20BrN3O2/c1-11-7-8-16(15(19)9-11)22-17(23)12(2)21-14-6-4-5-13(10-14)18(24)20-3/h4-10,12,21H,1-3H3,(H,20,24)(H,22,23). The highest BCUT2D eigenvalue weighted by molar-refractivity contribution is 9.10. The number of carbonyl (C=O) groups excluding carboxylic acids is 2. The van der Waals surface area contributed by atoms with E-state index in [0.29, 0.717) is 11.3 Å². The quantitative estimate of drug-likeness (QED) is 0.731. The van der Waals surface area contributed by atoms with Gasteiger partial charge in [-0.3, -0.25) is 9.59 Å². The van der Waals surface area contributed by atoms with Crippen molar-refractivity contribution in [2.24, 2.45) is 0 Å². The van der Waals surface area contributed by atoms with E-state index in [9.17, 15) is 9.59 Å². The molecule has 2 rings (SSSR count). The van der Waals surface area contributed by atoms with Crippen LogP contribution in [0.2, 0.25) is 0 Å². The highest BCUT2D eigenvalue weighted by Crippen LogP contribution is 2.23. The lowest BCUT2D eigenvalue weighted by Gasteiger charge is -2.16. The van der Waals surface area contributed by atoms with Crippen LogP contribution in [0.25, 0.3) is 0 Å². The van der Waals surface area contributed by atoms with Gasteiger partial charge in [-0.2, -0.15) is 0 Å². The van der Waals surface area contributed by atoms with Crippen LogP contribution in [0.15, 0.2) is 46.9 Å². The summed E-state index contributed by atoms with van der Waals surface area (Å²) in [5, 5.41) is 8.56. The van der Waals surface area contributed by atoms with Crippen LogP contribution in [-0.4, -0.2) is 24.9 Å². The molecule has 0 aliphatic heterocycles. The topological polar surface area (TPSA) is 70.2 Å². The van der Waals surface area contributed by atoms with Gasteiger partial charge in [0, 0.05) is 22.8 Å². The molecular weight excluding hydrogens is 370 g/mol. The van der Waals surface area contributed by atoms with Crippen molar-refractivity contribution in [3.63, 3.8) is 0 Å². The molecule has 2 aromatic rings. The number of hydrogen-bond donors (Lipinski definition) is 3. The Morgan fingerprint density at radius 3 is 2.54 bits per heavy atom. The van der Waals surface area contributed by atoms with E-state index < -0.39 is 6.04 Å². The second-order valence-corrected chi connectivity index (χ2v) is 6.35. The van der Waals surface area contributed by atoms with Gasteiger partial charge in [0.05, 0.1) is 5.69 Å². The molecule has 0 aliphatic rings. The van der Waals surface area contributed by atoms with Crippen molar-refractivity contribution >= 4 is 39.1 Å². The molecule has 0 heterocycles. The number of hydrogen-bond acceptors (Lipinski definition) is 3. The number of halogens is 1. The van der Waals surface area contributed by atoms with Crippen molar-refractivity contribution in [2.45, 2.75) is 19.9 Å². The summed E-state index contributed by atoms with van der Waals surface area (Å²) in [7, 11) is 1.58. The number of amides is 2. The van der Waals surface area contributed by atoms with Crippen molar-refractivity contribution in [3.8, 4) is 0 Å². The average molecular weight is 390 g/mol. The number of aryl methyl sites for hydroxylation is 1. The summed E-state index contributed by atoms with van der Waals surface area (Å²) in [6.45, 7) is 3.75.